The van der Waals surface area contributed by atoms with Crippen LogP contribution in [-0.2, 0) is 7.05 Å². The molecule has 0 saturated carbocycles. The summed E-state index contributed by atoms with van der Waals surface area (Å²) in [4.78, 5) is 0.937. The lowest BCUT2D eigenvalue weighted by Crippen LogP contribution is -1.95. The second-order valence-corrected chi connectivity index (χ2v) is 5.86. The highest BCUT2D eigenvalue weighted by Gasteiger charge is 2.15. The second-order valence-electron chi connectivity index (χ2n) is 3.46. The summed E-state index contributed by atoms with van der Waals surface area (Å²) >= 11 is 5.00. The number of aryl methyl sites for hydroxylation is 2. The van der Waals surface area contributed by atoms with E-state index in [0.717, 1.165) is 19.8 Å². The molecule has 1 atom stereocenters. The van der Waals surface area contributed by atoms with Gasteiger partial charge in [-0.2, -0.15) is 5.10 Å². The van der Waals surface area contributed by atoms with Gasteiger partial charge in [-0.25, -0.2) is 0 Å². The van der Waals surface area contributed by atoms with E-state index >= 15 is 0 Å². The molecule has 0 amide bonds. The number of hydrogen-bond donors (Lipinski definition) is 1. The van der Waals surface area contributed by atoms with Crippen molar-refractivity contribution >= 4 is 27.3 Å². The van der Waals surface area contributed by atoms with Gasteiger partial charge in [-0.15, -0.1) is 11.3 Å². The Morgan fingerprint density at radius 2 is 2.33 bits per heavy atom. The second kappa shape index (κ2) is 4.08. The summed E-state index contributed by atoms with van der Waals surface area (Å²) < 4.78 is 2.76. The molecule has 0 aromatic carbocycles. The van der Waals surface area contributed by atoms with E-state index in [1.165, 1.54) is 0 Å². The summed E-state index contributed by atoms with van der Waals surface area (Å²) in [5.74, 6) is 0. The standard InChI is InChI=1S/C10H11BrN2OS/c1-6-3-8(15-10(6)11)9(14)7-4-12-13(2)5-7/h3-5,9,14H,1-2H3. The van der Waals surface area contributed by atoms with E-state index in [2.05, 4.69) is 21.0 Å². The number of aliphatic hydroxyl groups is 1. The molecule has 80 valence electrons. The summed E-state index contributed by atoms with van der Waals surface area (Å²) in [7, 11) is 1.84. The van der Waals surface area contributed by atoms with Crippen molar-refractivity contribution in [2.45, 2.75) is 13.0 Å². The van der Waals surface area contributed by atoms with Gasteiger partial charge in [0, 0.05) is 23.7 Å². The van der Waals surface area contributed by atoms with Gasteiger partial charge in [0.2, 0.25) is 0 Å². The van der Waals surface area contributed by atoms with Crippen LogP contribution in [0.3, 0.4) is 0 Å². The first-order valence-electron chi connectivity index (χ1n) is 4.50. The van der Waals surface area contributed by atoms with E-state index in [-0.39, 0.29) is 0 Å². The maximum Gasteiger partial charge on any atom is 0.116 e. The molecular formula is C10H11BrN2OS. The third-order valence-electron chi connectivity index (χ3n) is 2.19. The van der Waals surface area contributed by atoms with E-state index in [1.54, 1.807) is 22.2 Å². The Morgan fingerprint density at radius 3 is 2.80 bits per heavy atom. The van der Waals surface area contributed by atoms with E-state index in [9.17, 15) is 5.11 Å². The fourth-order valence-electron chi connectivity index (χ4n) is 1.36. The third kappa shape index (κ3) is 2.14. The van der Waals surface area contributed by atoms with Crippen LogP contribution in [0.1, 0.15) is 22.1 Å². The lowest BCUT2D eigenvalue weighted by Gasteiger charge is -2.04. The first-order chi connectivity index (χ1) is 7.08. The Hall–Kier alpha value is -0.650. The van der Waals surface area contributed by atoms with Crippen LogP contribution in [0.4, 0.5) is 0 Å². The molecule has 2 aromatic rings. The molecule has 0 aliphatic rings. The lowest BCUT2D eigenvalue weighted by molar-refractivity contribution is 0.224. The monoisotopic (exact) mass is 286 g/mol. The van der Waals surface area contributed by atoms with Crippen molar-refractivity contribution < 1.29 is 5.11 Å². The molecule has 15 heavy (non-hydrogen) atoms. The number of rotatable bonds is 2. The molecule has 0 aliphatic heterocycles. The van der Waals surface area contributed by atoms with Crippen molar-refractivity contribution in [3.05, 3.63) is 38.3 Å². The van der Waals surface area contributed by atoms with Gasteiger partial charge in [0.05, 0.1) is 9.98 Å². The maximum atomic E-state index is 10.1. The summed E-state index contributed by atoms with van der Waals surface area (Å²) in [6, 6.07) is 1.99. The van der Waals surface area contributed by atoms with Crippen LogP contribution in [-0.4, -0.2) is 14.9 Å². The number of halogens is 1. The molecule has 2 aromatic heterocycles. The Kier molecular flexibility index (Phi) is 2.95. The Morgan fingerprint density at radius 1 is 1.60 bits per heavy atom. The first-order valence-corrected chi connectivity index (χ1v) is 6.11. The molecule has 1 unspecified atom stereocenters. The zero-order valence-corrected chi connectivity index (χ0v) is 10.8. The number of aliphatic hydroxyl groups excluding tert-OH is 1. The average Bonchev–Trinajstić information content (AvgIpc) is 2.74. The van der Waals surface area contributed by atoms with Gasteiger partial charge in [0.15, 0.2) is 0 Å². The van der Waals surface area contributed by atoms with Crippen molar-refractivity contribution in [1.29, 1.82) is 0 Å². The molecule has 0 aliphatic carbocycles. The maximum absolute atomic E-state index is 10.1. The summed E-state index contributed by atoms with van der Waals surface area (Å²) in [5.41, 5.74) is 1.98. The summed E-state index contributed by atoms with van der Waals surface area (Å²) in [6.07, 6.45) is 2.94. The van der Waals surface area contributed by atoms with E-state index in [1.807, 2.05) is 26.2 Å². The number of thiophene rings is 1. The van der Waals surface area contributed by atoms with Crippen LogP contribution < -0.4 is 0 Å². The molecule has 3 nitrogen and oxygen atoms in total. The molecule has 0 spiro atoms. The van der Waals surface area contributed by atoms with Gasteiger partial charge >= 0.3 is 0 Å². The molecule has 0 saturated heterocycles. The van der Waals surface area contributed by atoms with Crippen molar-refractivity contribution in [3.8, 4) is 0 Å². The summed E-state index contributed by atoms with van der Waals surface area (Å²) in [6.45, 7) is 2.01. The molecule has 2 rings (SSSR count). The zero-order chi connectivity index (χ0) is 11.0. The molecule has 2 heterocycles. The summed E-state index contributed by atoms with van der Waals surface area (Å²) in [5, 5.41) is 14.1. The normalized spacial score (nSPS) is 13.1. The highest BCUT2D eigenvalue weighted by Crippen LogP contribution is 2.33. The molecule has 1 N–H and O–H groups in total. The van der Waals surface area contributed by atoms with Crippen molar-refractivity contribution in [3.63, 3.8) is 0 Å². The van der Waals surface area contributed by atoms with Crippen LogP contribution in [0.15, 0.2) is 22.2 Å². The minimum absolute atomic E-state index is 0.575. The largest absolute Gasteiger partial charge is 0.383 e. The molecule has 0 fully saturated rings. The van der Waals surface area contributed by atoms with Crippen molar-refractivity contribution in [2.75, 3.05) is 0 Å². The Bertz CT molecular complexity index is 458. The van der Waals surface area contributed by atoms with Gasteiger partial charge in [-0.05, 0) is 34.5 Å². The fraction of sp³-hybridized carbons (Fsp3) is 0.300. The lowest BCUT2D eigenvalue weighted by atomic mass is 10.1. The van der Waals surface area contributed by atoms with Crippen LogP contribution in [0.2, 0.25) is 0 Å². The predicted octanol–water partition coefficient (Wildman–Crippen LogP) is 2.63. The first kappa shape index (κ1) is 10.9. The average molecular weight is 287 g/mol. The third-order valence-corrected chi connectivity index (χ3v) is 4.38. The van der Waals surface area contributed by atoms with Crippen LogP contribution >= 0.6 is 27.3 Å². The van der Waals surface area contributed by atoms with Gasteiger partial charge in [-0.1, -0.05) is 0 Å². The molecule has 0 radical (unpaired) electrons. The number of hydrogen-bond acceptors (Lipinski definition) is 3. The topological polar surface area (TPSA) is 38.1 Å². The van der Waals surface area contributed by atoms with Gasteiger partial charge in [0.1, 0.15) is 6.10 Å². The minimum Gasteiger partial charge on any atom is -0.383 e. The molecular weight excluding hydrogens is 276 g/mol. The number of nitrogens with zero attached hydrogens (tertiary/aromatic N) is 2. The van der Waals surface area contributed by atoms with E-state index < -0.39 is 6.10 Å². The number of aromatic nitrogens is 2. The quantitative estimate of drug-likeness (QED) is 0.922. The van der Waals surface area contributed by atoms with Crippen LogP contribution in [0, 0.1) is 6.92 Å². The smallest absolute Gasteiger partial charge is 0.116 e. The van der Waals surface area contributed by atoms with Crippen LogP contribution in [0.5, 0.6) is 0 Å². The van der Waals surface area contributed by atoms with E-state index in [4.69, 9.17) is 0 Å². The predicted molar refractivity (Wildman–Crippen MR) is 64.0 cm³/mol. The van der Waals surface area contributed by atoms with Crippen molar-refractivity contribution in [2.24, 2.45) is 7.05 Å². The fourth-order valence-corrected chi connectivity index (χ4v) is 2.95. The highest BCUT2D eigenvalue weighted by molar-refractivity contribution is 9.11. The van der Waals surface area contributed by atoms with Gasteiger partial charge < -0.3 is 5.11 Å². The van der Waals surface area contributed by atoms with E-state index in [0.29, 0.717) is 0 Å². The molecule has 5 heteroatoms. The Labute approximate surface area is 100 Å². The highest BCUT2D eigenvalue weighted by atomic mass is 79.9. The minimum atomic E-state index is -0.575. The van der Waals surface area contributed by atoms with Crippen LogP contribution in [0.25, 0.3) is 0 Å². The molecule has 0 bridgehead atoms. The zero-order valence-electron chi connectivity index (χ0n) is 8.44. The van der Waals surface area contributed by atoms with Gasteiger partial charge in [0.25, 0.3) is 0 Å². The van der Waals surface area contributed by atoms with Gasteiger partial charge in [-0.3, -0.25) is 4.68 Å². The van der Waals surface area contributed by atoms with Crippen molar-refractivity contribution in [1.82, 2.24) is 9.78 Å². The SMILES string of the molecule is Cc1cc(C(O)c2cnn(C)c2)sc1Br. The Balaban J connectivity index is 2.31.